The molecule has 55 valence electrons. The molecule has 0 rings (SSSR count). The Morgan fingerprint density at radius 1 is 1.11 bits per heavy atom. The molecule has 0 heterocycles. The van der Waals surface area contributed by atoms with Crippen LogP contribution in [0.5, 0.6) is 0 Å². The molecular formula is C8H16Am. The van der Waals surface area contributed by atoms with E-state index in [1.54, 1.807) is 0 Å². The van der Waals surface area contributed by atoms with Crippen LogP contribution in [0, 0.1) is 13.0 Å². The van der Waals surface area contributed by atoms with E-state index in [4.69, 9.17) is 0 Å². The van der Waals surface area contributed by atoms with Gasteiger partial charge in [0.1, 0.15) is 0 Å². The van der Waals surface area contributed by atoms with Crippen LogP contribution in [-0.4, -0.2) is 5.27 Å². The third-order valence-electron chi connectivity index (χ3n) is 1.42. The Bertz CT molecular complexity index is 59.6. The van der Waals surface area contributed by atoms with Gasteiger partial charge in [0.05, 0.1) is 0 Å². The zero-order chi connectivity index (χ0) is 6.95. The van der Waals surface area contributed by atoms with Crippen molar-refractivity contribution in [3.05, 3.63) is 0 Å². The summed E-state index contributed by atoms with van der Waals surface area (Å²) in [6.45, 7) is 2.26. The van der Waals surface area contributed by atoms with Gasteiger partial charge in [-0.1, -0.05) is 0 Å². The van der Waals surface area contributed by atoms with E-state index in [9.17, 15) is 0 Å². The second-order valence-electron chi connectivity index (χ2n) is 2.36. The average Bonchev–Trinajstić information content (AvgIpc) is 1.89. The Morgan fingerprint density at radius 3 is 2.33 bits per heavy atom. The van der Waals surface area contributed by atoms with Crippen molar-refractivity contribution in [2.24, 2.45) is 0 Å². The van der Waals surface area contributed by atoms with E-state index >= 15 is 0 Å². The molecular weight excluding hydrogens is 339 g/mol. The molecule has 0 bridgehead atoms. The molecule has 0 aliphatic heterocycles. The van der Waals surface area contributed by atoms with Gasteiger partial charge in [-0.25, -0.2) is 0 Å². The van der Waals surface area contributed by atoms with Crippen molar-refractivity contribution in [1.29, 1.82) is 0 Å². The Kier molecular flexibility index (Phi) is 8.50. The first-order valence-electron chi connectivity index (χ1n) is 3.83. The van der Waals surface area contributed by atoms with Crippen molar-refractivity contribution in [2.75, 3.05) is 0 Å². The van der Waals surface area contributed by atoms with Gasteiger partial charge in [-0.15, -0.1) is 0 Å². The molecule has 0 saturated heterocycles. The summed E-state index contributed by atoms with van der Waals surface area (Å²) in [4.78, 5) is 0. The zero-order valence-electron chi connectivity index (χ0n) is 6.20. The van der Waals surface area contributed by atoms with Crippen molar-refractivity contribution in [1.82, 2.24) is 0 Å². The summed E-state index contributed by atoms with van der Waals surface area (Å²) in [5.74, 6) is 0. The van der Waals surface area contributed by atoms with E-state index in [1.807, 2.05) is 0 Å². The van der Waals surface area contributed by atoms with E-state index in [-0.39, 0.29) is 0 Å². The molecule has 0 aromatic carbocycles. The number of hydrogen-bond donors (Lipinski definition) is 0. The summed E-state index contributed by atoms with van der Waals surface area (Å²) in [5, 5.41) is 2.36. The summed E-state index contributed by atoms with van der Waals surface area (Å²) in [7, 11) is 0. The number of hydrogen-bond acceptors (Lipinski definition) is 0. The van der Waals surface area contributed by atoms with Gasteiger partial charge in [0.2, 0.25) is 0 Å². The first-order chi connectivity index (χ1) is 4.41. The van der Waals surface area contributed by atoms with Crippen LogP contribution in [0.2, 0.25) is 0 Å². The quantitative estimate of drug-likeness (QED) is 0.643. The Balaban J connectivity index is 2.66. The van der Waals surface area contributed by atoms with Gasteiger partial charge < -0.3 is 0 Å². The van der Waals surface area contributed by atoms with Crippen molar-refractivity contribution in [3.8, 4) is 0 Å². The first-order valence-corrected chi connectivity index (χ1v) is 5.65. The van der Waals surface area contributed by atoms with Crippen molar-refractivity contribution in [3.63, 3.8) is 0 Å². The second kappa shape index (κ2) is 8.26. The van der Waals surface area contributed by atoms with Crippen LogP contribution in [0.3, 0.4) is 0 Å². The Morgan fingerprint density at radius 2 is 1.78 bits per heavy atom. The van der Waals surface area contributed by atoms with Gasteiger partial charge >= 0.3 is 63.7 Å². The van der Waals surface area contributed by atoms with E-state index in [1.165, 1.54) is 51.5 Å². The van der Waals surface area contributed by atoms with Crippen LogP contribution in [0.25, 0.3) is 0 Å². The molecule has 0 aromatic heterocycles. The minimum atomic E-state index is 1.36. The topological polar surface area (TPSA) is 0 Å². The maximum atomic E-state index is 2.36. The van der Waals surface area contributed by atoms with E-state index in [0.29, 0.717) is 0 Å². The van der Waals surface area contributed by atoms with Crippen molar-refractivity contribution in [2.45, 2.75) is 45.4 Å². The molecule has 0 amide bonds. The monoisotopic (exact) mass is 353 g/mol. The molecule has 9 heavy (non-hydrogen) atoms. The van der Waals surface area contributed by atoms with Gasteiger partial charge in [-0.2, -0.15) is 0 Å². The summed E-state index contributed by atoms with van der Waals surface area (Å²) in [6, 6.07) is 0. The van der Waals surface area contributed by atoms with Gasteiger partial charge in [0.15, 0.2) is 0 Å². The molecule has 0 aliphatic rings. The van der Waals surface area contributed by atoms with Crippen LogP contribution >= 0.6 is 0 Å². The van der Waals surface area contributed by atoms with E-state index < -0.39 is 0 Å². The third kappa shape index (κ3) is 8.26. The summed E-state index contributed by atoms with van der Waals surface area (Å²) >= 11 is 1.48. The predicted molar refractivity (Wildman–Crippen MR) is 39.4 cm³/mol. The number of rotatable bonds is 6. The van der Waals surface area contributed by atoms with Crippen LogP contribution in [0.4, 0.5) is 0 Å². The molecule has 0 spiro atoms. The molecule has 0 radical (unpaired) electrons. The van der Waals surface area contributed by atoms with E-state index in [2.05, 4.69) is 12.2 Å². The van der Waals surface area contributed by atoms with Crippen molar-refractivity contribution < 1.29 is 13.0 Å². The van der Waals surface area contributed by atoms with Gasteiger partial charge in [0.25, 0.3) is 0 Å². The molecule has 0 fully saturated rings. The molecule has 0 saturated carbocycles. The van der Waals surface area contributed by atoms with Crippen LogP contribution in [0.1, 0.15) is 45.4 Å². The molecule has 0 nitrogen and oxygen atoms in total. The Hall–Kier alpha value is 0.260. The molecule has 1 heteroatoms. The Labute approximate surface area is 64.3 Å². The fourth-order valence-electron chi connectivity index (χ4n) is 0.825. The second-order valence-corrected chi connectivity index (χ2v) is 3.64. The summed E-state index contributed by atoms with van der Waals surface area (Å²) < 4.78 is 0. The summed E-state index contributed by atoms with van der Waals surface area (Å²) in [5.41, 5.74) is 0. The summed E-state index contributed by atoms with van der Waals surface area (Å²) in [6.07, 6.45) is 8.47. The molecule has 0 atom stereocenters. The van der Waals surface area contributed by atoms with Crippen molar-refractivity contribution >= 4 is 5.27 Å². The average molecular weight is 355 g/mol. The van der Waals surface area contributed by atoms with Gasteiger partial charge in [0, 0.05) is 0 Å². The zero-order valence-corrected chi connectivity index (χ0v) is 9.35. The predicted octanol–water partition coefficient (Wildman–Crippen LogP) is 2.70. The number of unbranched alkanes of at least 4 members (excludes halogenated alkanes) is 5. The SMILES string of the molecule is CCCCCCC[CH]=[Am]. The fraction of sp³-hybridized carbons (Fsp3) is 0.875. The van der Waals surface area contributed by atoms with Crippen LogP contribution < -0.4 is 0 Å². The third-order valence-corrected chi connectivity index (χ3v) is 2.33. The molecule has 0 aliphatic carbocycles. The molecule has 0 aromatic rings. The fourth-order valence-corrected chi connectivity index (χ4v) is 1.47. The van der Waals surface area contributed by atoms with Crippen LogP contribution in [0.15, 0.2) is 0 Å². The van der Waals surface area contributed by atoms with Gasteiger partial charge in [-0.3, -0.25) is 0 Å². The van der Waals surface area contributed by atoms with E-state index in [0.717, 1.165) is 0 Å². The standard InChI is InChI=1S/C8H16.Am/c1-3-5-7-8-6-4-2;/h1H,3-8H2,2H3;. The normalized spacial score (nSPS) is 9.67. The van der Waals surface area contributed by atoms with Crippen LogP contribution in [-0.2, 0) is 0 Å². The molecule has 0 N–H and O–H groups in total. The first kappa shape index (κ1) is 9.26. The maximum absolute atomic E-state index is 2.36. The minimum absolute atomic E-state index is 1.36. The van der Waals surface area contributed by atoms with Gasteiger partial charge in [-0.05, 0) is 0 Å². The molecule has 0 unspecified atom stereocenters.